The van der Waals surface area contributed by atoms with Gasteiger partial charge >= 0.3 is 0 Å². The summed E-state index contributed by atoms with van der Waals surface area (Å²) in [5.41, 5.74) is 6.16. The molecule has 0 aliphatic rings. The molecule has 0 radical (unpaired) electrons. The monoisotopic (exact) mass is 321 g/mol. The summed E-state index contributed by atoms with van der Waals surface area (Å²) in [6.07, 6.45) is 0. The highest BCUT2D eigenvalue weighted by Gasteiger charge is 2.17. The van der Waals surface area contributed by atoms with Gasteiger partial charge in [0, 0.05) is 16.3 Å². The highest BCUT2D eigenvalue weighted by molar-refractivity contribution is 6.15. The molecule has 0 saturated heterocycles. The second-order valence-electron chi connectivity index (χ2n) is 6.05. The van der Waals surface area contributed by atoms with Crippen molar-refractivity contribution in [2.24, 2.45) is 0 Å². The zero-order chi connectivity index (χ0) is 16.6. The predicted octanol–water partition coefficient (Wildman–Crippen LogP) is 5.45. The molecule has 0 saturated carbocycles. The van der Waals surface area contributed by atoms with E-state index in [2.05, 4.69) is 57.6 Å². The average Bonchev–Trinajstić information content (AvgIpc) is 3.09. The van der Waals surface area contributed by atoms with E-state index in [-0.39, 0.29) is 0 Å². The lowest BCUT2D eigenvalue weighted by atomic mass is 10.0. The highest BCUT2D eigenvalue weighted by atomic mass is 15.1. The quantitative estimate of drug-likeness (QED) is 0.470. The largest absolute Gasteiger partial charge is 0.352 e. The first-order valence-corrected chi connectivity index (χ1v) is 8.30. The van der Waals surface area contributed by atoms with Crippen LogP contribution in [-0.2, 0) is 0 Å². The zero-order valence-corrected chi connectivity index (χ0v) is 13.5. The summed E-state index contributed by atoms with van der Waals surface area (Å²) in [5.74, 6) is 0. The summed E-state index contributed by atoms with van der Waals surface area (Å²) >= 11 is 0. The van der Waals surface area contributed by atoms with Crippen molar-refractivity contribution in [3.05, 3.63) is 84.9 Å². The van der Waals surface area contributed by atoms with Gasteiger partial charge in [-0.15, -0.1) is 10.2 Å². The van der Waals surface area contributed by atoms with Gasteiger partial charge in [0.05, 0.1) is 16.9 Å². The third-order valence-electron chi connectivity index (χ3n) is 4.53. The van der Waals surface area contributed by atoms with Crippen molar-refractivity contribution in [2.45, 2.75) is 0 Å². The molecule has 0 aliphatic heterocycles. The van der Waals surface area contributed by atoms with Crippen molar-refractivity contribution in [3.8, 4) is 22.5 Å². The highest BCUT2D eigenvalue weighted by Crippen LogP contribution is 2.37. The van der Waals surface area contributed by atoms with Crippen molar-refractivity contribution in [1.82, 2.24) is 15.2 Å². The Morgan fingerprint density at radius 3 is 1.88 bits per heavy atom. The first-order valence-electron chi connectivity index (χ1n) is 8.30. The topological polar surface area (TPSA) is 41.6 Å². The van der Waals surface area contributed by atoms with Gasteiger partial charge in [-0.25, -0.2) is 0 Å². The summed E-state index contributed by atoms with van der Waals surface area (Å²) in [6.45, 7) is 0. The lowest BCUT2D eigenvalue weighted by Gasteiger charge is -2.02. The van der Waals surface area contributed by atoms with E-state index in [1.165, 1.54) is 0 Å². The molecular weight excluding hydrogens is 306 g/mol. The maximum atomic E-state index is 4.55. The van der Waals surface area contributed by atoms with Crippen molar-refractivity contribution >= 4 is 21.8 Å². The standard InChI is InChI=1S/C22H15N3/c1-3-9-15(10-4-1)20-19-17-13-7-8-14-18(17)24-25-22(19)21(23-20)16-11-5-2-6-12-16/h1-14,23H. The number of aromatic amines is 1. The van der Waals surface area contributed by atoms with Crippen LogP contribution in [0.25, 0.3) is 44.3 Å². The molecule has 118 valence electrons. The van der Waals surface area contributed by atoms with E-state index in [4.69, 9.17) is 0 Å². The SMILES string of the molecule is c1ccc(-c2[nH]c(-c3ccccc3)c3c2nnc2ccccc23)cc1. The van der Waals surface area contributed by atoms with Gasteiger partial charge in [-0.3, -0.25) is 0 Å². The van der Waals surface area contributed by atoms with Crippen LogP contribution < -0.4 is 0 Å². The molecule has 0 aliphatic carbocycles. The van der Waals surface area contributed by atoms with Crippen LogP contribution in [0.15, 0.2) is 84.9 Å². The van der Waals surface area contributed by atoms with Crippen LogP contribution in [0.5, 0.6) is 0 Å². The molecule has 3 heteroatoms. The van der Waals surface area contributed by atoms with Crippen molar-refractivity contribution in [2.75, 3.05) is 0 Å². The van der Waals surface area contributed by atoms with Gasteiger partial charge in [0.15, 0.2) is 0 Å². The van der Waals surface area contributed by atoms with Crippen LogP contribution in [0.4, 0.5) is 0 Å². The number of hydrogen-bond donors (Lipinski definition) is 1. The fourth-order valence-electron chi connectivity index (χ4n) is 3.36. The minimum Gasteiger partial charge on any atom is -0.352 e. The fraction of sp³-hybridized carbons (Fsp3) is 0. The number of benzene rings is 3. The Bertz CT molecular complexity index is 1180. The van der Waals surface area contributed by atoms with E-state index in [0.717, 1.165) is 44.3 Å². The lowest BCUT2D eigenvalue weighted by molar-refractivity contribution is 1.12. The average molecular weight is 321 g/mol. The van der Waals surface area contributed by atoms with Crippen molar-refractivity contribution in [3.63, 3.8) is 0 Å². The lowest BCUT2D eigenvalue weighted by Crippen LogP contribution is -1.86. The molecule has 2 heterocycles. The Labute approximate surface area is 145 Å². The van der Waals surface area contributed by atoms with E-state index >= 15 is 0 Å². The zero-order valence-electron chi connectivity index (χ0n) is 13.5. The second kappa shape index (κ2) is 5.56. The van der Waals surface area contributed by atoms with Gasteiger partial charge in [-0.1, -0.05) is 78.9 Å². The molecule has 0 spiro atoms. The minimum absolute atomic E-state index is 0.906. The van der Waals surface area contributed by atoms with Crippen LogP contribution in [0.3, 0.4) is 0 Å². The van der Waals surface area contributed by atoms with E-state index < -0.39 is 0 Å². The van der Waals surface area contributed by atoms with Crippen molar-refractivity contribution in [1.29, 1.82) is 0 Å². The first-order chi connectivity index (χ1) is 12.4. The second-order valence-corrected chi connectivity index (χ2v) is 6.05. The summed E-state index contributed by atoms with van der Waals surface area (Å²) in [5, 5.41) is 11.2. The molecule has 0 amide bonds. The summed E-state index contributed by atoms with van der Waals surface area (Å²) in [7, 11) is 0. The molecule has 1 N–H and O–H groups in total. The smallest absolute Gasteiger partial charge is 0.120 e. The van der Waals surface area contributed by atoms with Crippen molar-refractivity contribution < 1.29 is 0 Å². The fourth-order valence-corrected chi connectivity index (χ4v) is 3.36. The number of nitrogens with one attached hydrogen (secondary N) is 1. The summed E-state index contributed by atoms with van der Waals surface area (Å²) < 4.78 is 0. The third kappa shape index (κ3) is 2.21. The molecule has 5 aromatic rings. The van der Waals surface area contributed by atoms with Crippen LogP contribution >= 0.6 is 0 Å². The number of H-pyrrole nitrogens is 1. The maximum absolute atomic E-state index is 4.55. The van der Waals surface area contributed by atoms with Gasteiger partial charge in [-0.2, -0.15) is 0 Å². The van der Waals surface area contributed by atoms with E-state index in [1.807, 2.05) is 42.5 Å². The van der Waals surface area contributed by atoms with Crippen LogP contribution in [0.2, 0.25) is 0 Å². The Morgan fingerprint density at radius 2 is 1.16 bits per heavy atom. The van der Waals surface area contributed by atoms with Gasteiger partial charge in [0.25, 0.3) is 0 Å². The Hall–Kier alpha value is -3.46. The van der Waals surface area contributed by atoms with Crippen LogP contribution in [0, 0.1) is 0 Å². The molecule has 2 aromatic heterocycles. The number of fused-ring (bicyclic) bond motifs is 3. The molecule has 25 heavy (non-hydrogen) atoms. The molecule has 0 unspecified atom stereocenters. The summed E-state index contributed by atoms with van der Waals surface area (Å²) in [6, 6.07) is 28.8. The number of hydrogen-bond acceptors (Lipinski definition) is 2. The first kappa shape index (κ1) is 13.9. The van der Waals surface area contributed by atoms with E-state index in [0.29, 0.717) is 0 Å². The maximum Gasteiger partial charge on any atom is 0.120 e. The molecule has 0 bridgehead atoms. The summed E-state index contributed by atoms with van der Waals surface area (Å²) in [4.78, 5) is 3.61. The third-order valence-corrected chi connectivity index (χ3v) is 4.53. The van der Waals surface area contributed by atoms with E-state index in [9.17, 15) is 0 Å². The number of rotatable bonds is 2. The molecule has 0 fully saturated rings. The molecule has 0 atom stereocenters. The molecule has 3 aromatic carbocycles. The number of nitrogens with zero attached hydrogens (tertiary/aromatic N) is 2. The molecular formula is C22H15N3. The molecule has 5 rings (SSSR count). The Morgan fingerprint density at radius 1 is 0.560 bits per heavy atom. The minimum atomic E-state index is 0.906. The molecule has 3 nitrogen and oxygen atoms in total. The van der Waals surface area contributed by atoms with Gasteiger partial charge in [0.1, 0.15) is 5.52 Å². The van der Waals surface area contributed by atoms with Crippen LogP contribution in [0.1, 0.15) is 0 Å². The Kier molecular flexibility index (Phi) is 3.10. The van der Waals surface area contributed by atoms with Crippen LogP contribution in [-0.4, -0.2) is 15.2 Å². The van der Waals surface area contributed by atoms with Gasteiger partial charge in [-0.05, 0) is 11.6 Å². The Balaban J connectivity index is 1.94. The normalized spacial score (nSPS) is 11.2. The number of aromatic nitrogens is 3. The van der Waals surface area contributed by atoms with Gasteiger partial charge in [0.2, 0.25) is 0 Å². The predicted molar refractivity (Wildman–Crippen MR) is 102 cm³/mol. The van der Waals surface area contributed by atoms with Gasteiger partial charge < -0.3 is 4.98 Å². The van der Waals surface area contributed by atoms with E-state index in [1.54, 1.807) is 0 Å².